The van der Waals surface area contributed by atoms with Gasteiger partial charge in [0.1, 0.15) is 6.04 Å². The quantitative estimate of drug-likeness (QED) is 0.619. The lowest BCUT2D eigenvalue weighted by Gasteiger charge is -2.40. The molecule has 0 saturated carbocycles. The Hall–Kier alpha value is -1.54. The number of carbonyl (C=O) groups is 1. The smallest absolute Gasteiger partial charge is 0.323 e. The zero-order valence-corrected chi connectivity index (χ0v) is 19.6. The summed E-state index contributed by atoms with van der Waals surface area (Å²) in [6, 6.07) is 5.75. The first kappa shape index (κ1) is 24.1. The van der Waals surface area contributed by atoms with Crippen LogP contribution in [-0.2, 0) is 25.2 Å². The van der Waals surface area contributed by atoms with E-state index in [1.54, 1.807) is 18.2 Å². The Bertz CT molecular complexity index is 1070. The van der Waals surface area contributed by atoms with Crippen molar-refractivity contribution in [1.82, 2.24) is 17.2 Å². The van der Waals surface area contributed by atoms with Crippen molar-refractivity contribution < 1.29 is 26.7 Å². The van der Waals surface area contributed by atoms with Crippen molar-refractivity contribution >= 4 is 43.6 Å². The van der Waals surface area contributed by atoms with Gasteiger partial charge in [-0.15, -0.1) is 0 Å². The predicted molar refractivity (Wildman–Crippen MR) is 117 cm³/mol. The van der Waals surface area contributed by atoms with E-state index < -0.39 is 39.0 Å². The van der Waals surface area contributed by atoms with Crippen LogP contribution < -0.4 is 0 Å². The number of rotatable bonds is 6. The number of hydrogen-bond donors (Lipinski definition) is 1. The number of halogens is 1. The minimum Gasteiger partial charge on any atom is -0.480 e. The molecule has 2 heterocycles. The van der Waals surface area contributed by atoms with Gasteiger partial charge in [0.05, 0.1) is 0 Å². The Morgan fingerprint density at radius 1 is 1.06 bits per heavy atom. The maximum atomic E-state index is 13.2. The molecule has 10 nitrogen and oxygen atoms in total. The van der Waals surface area contributed by atoms with Gasteiger partial charge in [0, 0.05) is 51.8 Å². The summed E-state index contributed by atoms with van der Waals surface area (Å²) in [6.07, 6.45) is 2.26. The van der Waals surface area contributed by atoms with Gasteiger partial charge in [0.15, 0.2) is 0 Å². The minimum atomic E-state index is -4.10. The summed E-state index contributed by atoms with van der Waals surface area (Å²) in [4.78, 5) is 11.8. The molecule has 31 heavy (non-hydrogen) atoms. The molecule has 1 N–H and O–H groups in total. The largest absolute Gasteiger partial charge is 0.480 e. The Kier molecular flexibility index (Phi) is 7.11. The summed E-state index contributed by atoms with van der Waals surface area (Å²) in [5.41, 5.74) is 1.94. The van der Waals surface area contributed by atoms with Crippen LogP contribution in [0, 0.1) is 0 Å². The third kappa shape index (κ3) is 4.95. The average molecular weight is 493 g/mol. The molecule has 0 spiro atoms. The molecule has 1 atom stereocenters. The molecule has 1 fully saturated rings. The van der Waals surface area contributed by atoms with Crippen molar-refractivity contribution in [3.63, 3.8) is 0 Å². The van der Waals surface area contributed by atoms with Crippen molar-refractivity contribution in [2.24, 2.45) is 0 Å². The first-order chi connectivity index (χ1) is 14.4. The lowest BCUT2D eigenvalue weighted by Crippen LogP contribution is -2.62. The van der Waals surface area contributed by atoms with Crippen LogP contribution in [0.5, 0.6) is 0 Å². The zero-order valence-electron chi connectivity index (χ0n) is 17.2. The van der Waals surface area contributed by atoms with E-state index in [2.05, 4.69) is 0 Å². The molecule has 0 bridgehead atoms. The highest BCUT2D eigenvalue weighted by Gasteiger charge is 2.45. The van der Waals surface area contributed by atoms with E-state index in [1.807, 2.05) is 12.1 Å². The molecule has 0 amide bonds. The Balaban J connectivity index is 1.78. The van der Waals surface area contributed by atoms with Gasteiger partial charge in [0.25, 0.3) is 20.4 Å². The van der Waals surface area contributed by atoms with Crippen LogP contribution in [-0.4, -0.2) is 98.0 Å². The number of carboxylic acid groups (broad SMARTS) is 1. The normalized spacial score (nSPS) is 22.5. The fourth-order valence-electron chi connectivity index (χ4n) is 3.59. The summed E-state index contributed by atoms with van der Waals surface area (Å²) in [5, 5.41) is 10.2. The van der Waals surface area contributed by atoms with Crippen molar-refractivity contribution in [3.05, 3.63) is 40.9 Å². The summed E-state index contributed by atoms with van der Waals surface area (Å²) in [7, 11) is -5.27. The summed E-state index contributed by atoms with van der Waals surface area (Å²) in [5.74, 6) is -1.39. The van der Waals surface area contributed by atoms with Crippen molar-refractivity contribution in [1.29, 1.82) is 0 Å². The maximum Gasteiger partial charge on any atom is 0.323 e. The molecule has 2 aliphatic rings. The van der Waals surface area contributed by atoms with Crippen LogP contribution in [0.25, 0.3) is 5.57 Å². The molecule has 0 aliphatic carbocycles. The molecule has 13 heteroatoms. The van der Waals surface area contributed by atoms with E-state index in [-0.39, 0.29) is 26.2 Å². The number of carboxylic acids is 1. The highest BCUT2D eigenvalue weighted by atomic mass is 35.5. The van der Waals surface area contributed by atoms with Crippen LogP contribution >= 0.6 is 11.6 Å². The topological polar surface area (TPSA) is 119 Å². The van der Waals surface area contributed by atoms with Gasteiger partial charge < -0.3 is 5.11 Å². The van der Waals surface area contributed by atoms with Crippen LogP contribution in [0.2, 0.25) is 5.02 Å². The van der Waals surface area contributed by atoms with Crippen LogP contribution in [0.4, 0.5) is 0 Å². The molecule has 0 aromatic heterocycles. The third-order valence-corrected chi connectivity index (χ3v) is 9.55. The zero-order chi connectivity index (χ0) is 23.0. The molecule has 2 aliphatic heterocycles. The minimum absolute atomic E-state index is 0.100. The standard InChI is InChI=1S/C18H25ClN4O6S2/c1-20(2)30(26,27)22-11-12-23(17(13-22)18(24)25)31(28,29)21-9-7-15(8-10-21)14-3-5-16(19)6-4-14/h3-7,17H,8-13H2,1-2H3,(H,24,25)/t17-/m1/s1. The second-order valence-electron chi connectivity index (χ2n) is 7.46. The van der Waals surface area contributed by atoms with Gasteiger partial charge >= 0.3 is 5.97 Å². The molecule has 1 saturated heterocycles. The molecule has 1 aromatic rings. The molecule has 0 unspecified atom stereocenters. The van der Waals surface area contributed by atoms with Gasteiger partial charge in [-0.05, 0) is 29.7 Å². The lowest BCUT2D eigenvalue weighted by molar-refractivity contribution is -0.142. The summed E-state index contributed by atoms with van der Waals surface area (Å²) in [6.45, 7) is -0.517. The van der Waals surface area contributed by atoms with E-state index in [4.69, 9.17) is 11.6 Å². The van der Waals surface area contributed by atoms with Gasteiger partial charge in [0.2, 0.25) is 0 Å². The van der Waals surface area contributed by atoms with Crippen LogP contribution in [0.1, 0.15) is 12.0 Å². The first-order valence-electron chi connectivity index (χ1n) is 9.57. The van der Waals surface area contributed by atoms with E-state index in [0.29, 0.717) is 11.4 Å². The fourth-order valence-corrected chi connectivity index (χ4v) is 6.50. The Morgan fingerprint density at radius 2 is 1.71 bits per heavy atom. The van der Waals surface area contributed by atoms with Crippen molar-refractivity contribution in [2.75, 3.05) is 46.8 Å². The molecule has 172 valence electrons. The van der Waals surface area contributed by atoms with Gasteiger partial charge in [-0.3, -0.25) is 4.79 Å². The predicted octanol–water partition coefficient (Wildman–Crippen LogP) is 0.551. The van der Waals surface area contributed by atoms with Crippen molar-refractivity contribution in [2.45, 2.75) is 12.5 Å². The van der Waals surface area contributed by atoms with E-state index >= 15 is 0 Å². The average Bonchev–Trinajstić information content (AvgIpc) is 2.73. The number of aliphatic carboxylic acids is 1. The molecule has 1 aromatic carbocycles. The molecule has 3 rings (SSSR count). The Morgan fingerprint density at radius 3 is 2.23 bits per heavy atom. The van der Waals surface area contributed by atoms with E-state index in [0.717, 1.165) is 24.1 Å². The van der Waals surface area contributed by atoms with Gasteiger partial charge in [-0.1, -0.05) is 29.8 Å². The number of hydrogen-bond acceptors (Lipinski definition) is 5. The van der Waals surface area contributed by atoms with Gasteiger partial charge in [-0.25, -0.2) is 0 Å². The van der Waals surface area contributed by atoms with Crippen LogP contribution in [0.3, 0.4) is 0 Å². The Labute approximate surface area is 187 Å². The third-order valence-electron chi connectivity index (χ3n) is 5.38. The highest BCUT2D eigenvalue weighted by molar-refractivity contribution is 7.87. The maximum absolute atomic E-state index is 13.2. The van der Waals surface area contributed by atoms with E-state index in [9.17, 15) is 26.7 Å². The van der Waals surface area contributed by atoms with Crippen LogP contribution in [0.15, 0.2) is 30.3 Å². The van der Waals surface area contributed by atoms with Crippen molar-refractivity contribution in [3.8, 4) is 0 Å². The first-order valence-corrected chi connectivity index (χ1v) is 12.7. The van der Waals surface area contributed by atoms with E-state index in [1.165, 1.54) is 18.4 Å². The SMILES string of the molecule is CN(C)S(=O)(=O)N1CCN(S(=O)(=O)N2CC=C(c3ccc(Cl)cc3)CC2)[C@@H](C(=O)O)C1. The fraction of sp³-hybridized carbons (Fsp3) is 0.500. The lowest BCUT2D eigenvalue weighted by atomic mass is 10.0. The number of benzene rings is 1. The van der Waals surface area contributed by atoms with Gasteiger partial charge in [-0.2, -0.15) is 34.1 Å². The molecular formula is C18H25ClN4O6S2. The number of piperazine rings is 1. The second kappa shape index (κ2) is 9.14. The summed E-state index contributed by atoms with van der Waals surface area (Å²) < 4.78 is 55.2. The highest BCUT2D eigenvalue weighted by Crippen LogP contribution is 2.27. The monoisotopic (exact) mass is 492 g/mol. The molecular weight excluding hydrogens is 468 g/mol. The summed E-state index contributed by atoms with van der Waals surface area (Å²) >= 11 is 5.91. The number of nitrogens with zero attached hydrogens (tertiary/aromatic N) is 4. The molecule has 0 radical (unpaired) electrons. The second-order valence-corrected chi connectivity index (χ2v) is 11.9.